The molecule has 2 aliphatic rings. The van der Waals surface area contributed by atoms with Crippen molar-refractivity contribution < 1.29 is 9.53 Å². The number of ether oxygens (including phenoxy) is 1. The zero-order valence-electron chi connectivity index (χ0n) is 11.7. The van der Waals surface area contributed by atoms with Gasteiger partial charge in [0.25, 0.3) is 0 Å². The largest absolute Gasteiger partial charge is 0.392 e. The summed E-state index contributed by atoms with van der Waals surface area (Å²) >= 11 is 5.22. The molecular formula is C14H24N2O2S. The van der Waals surface area contributed by atoms with Gasteiger partial charge in [-0.05, 0) is 25.7 Å². The van der Waals surface area contributed by atoms with Gasteiger partial charge in [0.05, 0.1) is 16.5 Å². The minimum Gasteiger partial charge on any atom is -0.392 e. The van der Waals surface area contributed by atoms with Gasteiger partial charge in [0.1, 0.15) is 0 Å². The molecule has 2 N–H and O–H groups in total. The highest BCUT2D eigenvalue weighted by Crippen LogP contribution is 2.39. The third-order valence-corrected chi connectivity index (χ3v) is 5.04. The lowest BCUT2D eigenvalue weighted by atomic mass is 9.72. The van der Waals surface area contributed by atoms with Crippen molar-refractivity contribution in [2.24, 2.45) is 11.1 Å². The Labute approximate surface area is 120 Å². The van der Waals surface area contributed by atoms with Crippen molar-refractivity contribution in [3.63, 3.8) is 0 Å². The lowest BCUT2D eigenvalue weighted by Crippen LogP contribution is -2.53. The zero-order chi connectivity index (χ0) is 13.9. The number of rotatable bonds is 3. The molecule has 1 aliphatic heterocycles. The van der Waals surface area contributed by atoms with E-state index in [1.807, 2.05) is 4.90 Å². The molecule has 2 rings (SSSR count). The molecule has 1 aliphatic carbocycles. The molecule has 108 valence electrons. The summed E-state index contributed by atoms with van der Waals surface area (Å²) in [7, 11) is 1.74. The summed E-state index contributed by atoms with van der Waals surface area (Å²) in [4.78, 5) is 15.2. The van der Waals surface area contributed by atoms with Gasteiger partial charge in [-0.1, -0.05) is 31.5 Å². The van der Waals surface area contributed by atoms with Crippen LogP contribution in [0.5, 0.6) is 0 Å². The van der Waals surface area contributed by atoms with Gasteiger partial charge >= 0.3 is 0 Å². The molecule has 1 saturated heterocycles. The first-order chi connectivity index (χ1) is 9.10. The van der Waals surface area contributed by atoms with Crippen molar-refractivity contribution >= 4 is 23.1 Å². The van der Waals surface area contributed by atoms with Crippen LogP contribution in [0.15, 0.2) is 0 Å². The van der Waals surface area contributed by atoms with E-state index in [-0.39, 0.29) is 12.0 Å². The van der Waals surface area contributed by atoms with Crippen LogP contribution in [-0.4, -0.2) is 42.1 Å². The predicted octanol–water partition coefficient (Wildman–Crippen LogP) is 1.86. The van der Waals surface area contributed by atoms with E-state index in [0.717, 1.165) is 51.6 Å². The Morgan fingerprint density at radius 1 is 1.26 bits per heavy atom. The normalized spacial score (nSPS) is 24.2. The summed E-state index contributed by atoms with van der Waals surface area (Å²) in [5.41, 5.74) is 5.36. The van der Waals surface area contributed by atoms with Crippen LogP contribution in [0, 0.1) is 5.41 Å². The van der Waals surface area contributed by atoms with E-state index in [4.69, 9.17) is 22.7 Å². The van der Waals surface area contributed by atoms with Crippen molar-refractivity contribution in [3.8, 4) is 0 Å². The average Bonchev–Trinajstić information content (AvgIpc) is 2.47. The van der Waals surface area contributed by atoms with E-state index >= 15 is 0 Å². The molecule has 0 unspecified atom stereocenters. The first-order valence-corrected chi connectivity index (χ1v) is 7.63. The molecule has 0 spiro atoms. The van der Waals surface area contributed by atoms with Crippen molar-refractivity contribution in [1.29, 1.82) is 0 Å². The summed E-state index contributed by atoms with van der Waals surface area (Å²) < 4.78 is 5.35. The quantitative estimate of drug-likeness (QED) is 0.804. The Balaban J connectivity index is 2.06. The molecule has 0 aromatic rings. The van der Waals surface area contributed by atoms with Crippen molar-refractivity contribution in [2.45, 2.75) is 51.0 Å². The first-order valence-electron chi connectivity index (χ1n) is 7.22. The van der Waals surface area contributed by atoms with Crippen LogP contribution < -0.4 is 5.73 Å². The van der Waals surface area contributed by atoms with Crippen molar-refractivity contribution in [1.82, 2.24) is 4.90 Å². The maximum atomic E-state index is 12.8. The third-order valence-electron chi connectivity index (χ3n) is 4.65. The Bertz CT molecular complexity index is 345. The molecule has 4 nitrogen and oxygen atoms in total. The Kier molecular flexibility index (Phi) is 4.79. The van der Waals surface area contributed by atoms with Crippen LogP contribution in [0.4, 0.5) is 0 Å². The number of thiocarbonyl (C=S) groups is 1. The molecular weight excluding hydrogens is 260 g/mol. The molecule has 5 heteroatoms. The van der Waals surface area contributed by atoms with Crippen LogP contribution in [-0.2, 0) is 9.53 Å². The Hall–Kier alpha value is -0.680. The van der Waals surface area contributed by atoms with Gasteiger partial charge in [0, 0.05) is 20.2 Å². The SMILES string of the molecule is COC1CCN(C(=O)C2(C(N)=S)CCCCC2)CC1. The maximum Gasteiger partial charge on any atom is 0.235 e. The number of amides is 1. The highest BCUT2D eigenvalue weighted by atomic mass is 32.1. The number of piperidine rings is 1. The van der Waals surface area contributed by atoms with Gasteiger partial charge in [0.2, 0.25) is 5.91 Å². The first kappa shape index (κ1) is 14.7. The second-order valence-corrected chi connectivity index (χ2v) is 6.17. The van der Waals surface area contributed by atoms with E-state index in [1.54, 1.807) is 7.11 Å². The minimum absolute atomic E-state index is 0.161. The van der Waals surface area contributed by atoms with E-state index in [2.05, 4.69) is 0 Å². The van der Waals surface area contributed by atoms with Crippen LogP contribution in [0.25, 0.3) is 0 Å². The van der Waals surface area contributed by atoms with Crippen molar-refractivity contribution in [3.05, 3.63) is 0 Å². The van der Waals surface area contributed by atoms with E-state index in [1.165, 1.54) is 6.42 Å². The molecule has 2 fully saturated rings. The number of nitrogens with two attached hydrogens (primary N) is 1. The molecule has 1 heterocycles. The average molecular weight is 284 g/mol. The second-order valence-electron chi connectivity index (χ2n) is 5.73. The Morgan fingerprint density at radius 2 is 1.84 bits per heavy atom. The molecule has 1 amide bonds. The predicted molar refractivity (Wildman–Crippen MR) is 78.9 cm³/mol. The van der Waals surface area contributed by atoms with Gasteiger partial charge in [-0.2, -0.15) is 0 Å². The van der Waals surface area contributed by atoms with Crippen LogP contribution in [0.3, 0.4) is 0 Å². The third kappa shape index (κ3) is 2.92. The topological polar surface area (TPSA) is 55.6 Å². The molecule has 0 atom stereocenters. The standard InChI is InChI=1S/C14H24N2O2S/c1-18-11-5-9-16(10-6-11)13(17)14(12(15)19)7-3-2-4-8-14/h11H,2-10H2,1H3,(H2,15,19). The lowest BCUT2D eigenvalue weighted by molar-refractivity contribution is -0.142. The number of nitrogens with zero attached hydrogens (tertiary/aromatic N) is 1. The molecule has 0 aromatic heterocycles. The van der Waals surface area contributed by atoms with E-state index in [9.17, 15) is 4.79 Å². The van der Waals surface area contributed by atoms with Gasteiger partial charge in [-0.25, -0.2) is 0 Å². The number of hydrogen-bond acceptors (Lipinski definition) is 3. The summed E-state index contributed by atoms with van der Waals surface area (Å²) in [5.74, 6) is 0.161. The number of likely N-dealkylation sites (tertiary alicyclic amines) is 1. The summed E-state index contributed by atoms with van der Waals surface area (Å²) in [6.45, 7) is 1.53. The summed E-state index contributed by atoms with van der Waals surface area (Å²) in [6, 6.07) is 0. The molecule has 19 heavy (non-hydrogen) atoms. The van der Waals surface area contributed by atoms with Crippen molar-refractivity contribution in [2.75, 3.05) is 20.2 Å². The van der Waals surface area contributed by atoms with Gasteiger partial charge in [-0.15, -0.1) is 0 Å². The fraction of sp³-hybridized carbons (Fsp3) is 0.857. The summed E-state index contributed by atoms with van der Waals surface area (Å²) in [5, 5.41) is 0. The maximum absolute atomic E-state index is 12.8. The number of carbonyl (C=O) groups is 1. The molecule has 0 aromatic carbocycles. The van der Waals surface area contributed by atoms with Crippen LogP contribution >= 0.6 is 12.2 Å². The minimum atomic E-state index is -0.562. The van der Waals surface area contributed by atoms with Crippen LogP contribution in [0.1, 0.15) is 44.9 Å². The number of methoxy groups -OCH3 is 1. The lowest BCUT2D eigenvalue weighted by Gasteiger charge is -2.41. The second kappa shape index (κ2) is 6.18. The highest BCUT2D eigenvalue weighted by molar-refractivity contribution is 7.80. The van der Waals surface area contributed by atoms with Gasteiger partial charge in [-0.3, -0.25) is 4.79 Å². The zero-order valence-corrected chi connectivity index (χ0v) is 12.5. The molecule has 1 saturated carbocycles. The number of carbonyl (C=O) groups excluding carboxylic acids is 1. The smallest absolute Gasteiger partial charge is 0.235 e. The molecule has 0 radical (unpaired) electrons. The number of hydrogen-bond donors (Lipinski definition) is 1. The Morgan fingerprint density at radius 3 is 2.32 bits per heavy atom. The fourth-order valence-electron chi connectivity index (χ4n) is 3.32. The highest BCUT2D eigenvalue weighted by Gasteiger charge is 2.45. The van der Waals surface area contributed by atoms with E-state index < -0.39 is 5.41 Å². The fourth-order valence-corrected chi connectivity index (χ4v) is 3.61. The van der Waals surface area contributed by atoms with Crippen LogP contribution in [0.2, 0.25) is 0 Å². The molecule has 0 bridgehead atoms. The van der Waals surface area contributed by atoms with E-state index in [0.29, 0.717) is 4.99 Å². The van der Waals surface area contributed by atoms with Gasteiger partial charge < -0.3 is 15.4 Å². The summed E-state index contributed by atoms with van der Waals surface area (Å²) in [6.07, 6.45) is 7.05. The van der Waals surface area contributed by atoms with Gasteiger partial charge in [0.15, 0.2) is 0 Å². The monoisotopic (exact) mass is 284 g/mol.